The van der Waals surface area contributed by atoms with Crippen molar-refractivity contribution in [2.45, 2.75) is 82.8 Å². The van der Waals surface area contributed by atoms with Crippen LogP contribution in [-0.4, -0.2) is 40.2 Å². The molecule has 5 heteroatoms. The fourth-order valence-electron chi connectivity index (χ4n) is 5.31. The Kier molecular flexibility index (Phi) is 5.96. The smallest absolute Gasteiger partial charge is 0.250 e. The molecule has 1 aromatic rings. The highest BCUT2D eigenvalue weighted by Gasteiger charge is 2.45. The van der Waals surface area contributed by atoms with Crippen molar-refractivity contribution in [2.75, 3.05) is 6.54 Å². The number of hydrogen-bond donors (Lipinski definition) is 0. The Balaban J connectivity index is 1.65. The molecule has 1 aromatic carbocycles. The van der Waals surface area contributed by atoms with Gasteiger partial charge in [-0.05, 0) is 62.1 Å². The topological polar surface area (TPSA) is 40.6 Å². The summed E-state index contributed by atoms with van der Waals surface area (Å²) in [5.74, 6) is 0.927. The van der Waals surface area contributed by atoms with Gasteiger partial charge in [0.05, 0.1) is 0 Å². The lowest BCUT2D eigenvalue weighted by Crippen LogP contribution is -2.61. The van der Waals surface area contributed by atoms with Gasteiger partial charge in [-0.3, -0.25) is 9.59 Å². The number of carbonyl (C=O) groups is 2. The highest BCUT2D eigenvalue weighted by atomic mass is 35.5. The van der Waals surface area contributed by atoms with Crippen LogP contribution in [0, 0.1) is 5.92 Å². The third-order valence-corrected chi connectivity index (χ3v) is 7.22. The molecular weight excluding hydrogens is 372 g/mol. The summed E-state index contributed by atoms with van der Waals surface area (Å²) in [4.78, 5) is 30.8. The van der Waals surface area contributed by atoms with Crippen LogP contribution < -0.4 is 0 Å². The number of hydrogen-bond acceptors (Lipinski definition) is 2. The molecule has 152 valence electrons. The van der Waals surface area contributed by atoms with E-state index in [9.17, 15) is 9.59 Å². The van der Waals surface area contributed by atoms with E-state index in [4.69, 9.17) is 11.6 Å². The summed E-state index contributed by atoms with van der Waals surface area (Å²) in [6.07, 6.45) is 9.82. The van der Waals surface area contributed by atoms with E-state index < -0.39 is 6.04 Å². The van der Waals surface area contributed by atoms with Gasteiger partial charge in [-0.15, -0.1) is 0 Å². The first-order chi connectivity index (χ1) is 13.5. The Labute approximate surface area is 173 Å². The molecule has 28 heavy (non-hydrogen) atoms. The van der Waals surface area contributed by atoms with Crippen molar-refractivity contribution >= 4 is 23.4 Å². The number of amides is 2. The van der Waals surface area contributed by atoms with E-state index in [1.807, 2.05) is 34.1 Å². The molecule has 4 rings (SSSR count). The normalized spacial score (nSPS) is 30.0. The maximum absolute atomic E-state index is 13.7. The Morgan fingerprint density at radius 3 is 2.14 bits per heavy atom. The third kappa shape index (κ3) is 3.94. The van der Waals surface area contributed by atoms with E-state index in [0.717, 1.165) is 56.9 Å². The molecular formula is C23H31ClN2O2. The number of piperazine rings is 1. The van der Waals surface area contributed by atoms with Gasteiger partial charge in [0.2, 0.25) is 5.91 Å². The quantitative estimate of drug-likeness (QED) is 0.716. The molecule has 1 unspecified atom stereocenters. The number of rotatable bonds is 3. The van der Waals surface area contributed by atoms with Crippen LogP contribution in [0.1, 0.15) is 76.3 Å². The summed E-state index contributed by atoms with van der Waals surface area (Å²) in [6.45, 7) is 2.53. The SMILES string of the molecule is CC1CCC(N2C(=O)CN(C3CCCCC3)C(=O)C2c2ccc(Cl)cc2)CC1. The van der Waals surface area contributed by atoms with Crippen LogP contribution in [0.4, 0.5) is 0 Å². The van der Waals surface area contributed by atoms with Crippen molar-refractivity contribution in [1.29, 1.82) is 0 Å². The standard InChI is InChI=1S/C23H31ClN2O2/c1-16-7-13-20(14-8-16)26-21(27)15-25(19-5-3-2-4-6-19)23(28)22(26)17-9-11-18(24)12-10-17/h9-12,16,19-20,22H,2-8,13-15H2,1H3. The minimum atomic E-state index is -0.501. The second kappa shape index (κ2) is 8.44. The van der Waals surface area contributed by atoms with Crippen LogP contribution in [0.15, 0.2) is 24.3 Å². The predicted molar refractivity (Wildman–Crippen MR) is 111 cm³/mol. The van der Waals surface area contributed by atoms with Crippen LogP contribution in [-0.2, 0) is 9.59 Å². The molecule has 1 heterocycles. The molecule has 2 saturated carbocycles. The molecule has 1 atom stereocenters. The van der Waals surface area contributed by atoms with Crippen LogP contribution in [0.2, 0.25) is 5.02 Å². The van der Waals surface area contributed by atoms with E-state index in [-0.39, 0.29) is 30.4 Å². The first-order valence-corrected chi connectivity index (χ1v) is 11.3. The molecule has 0 spiro atoms. The molecule has 0 N–H and O–H groups in total. The second-order valence-corrected chi connectivity index (χ2v) is 9.36. The second-order valence-electron chi connectivity index (χ2n) is 8.93. The van der Waals surface area contributed by atoms with Gasteiger partial charge in [0.25, 0.3) is 5.91 Å². The first kappa shape index (κ1) is 19.8. The Morgan fingerprint density at radius 2 is 1.50 bits per heavy atom. The molecule has 2 amide bonds. The van der Waals surface area contributed by atoms with Crippen LogP contribution >= 0.6 is 11.6 Å². The van der Waals surface area contributed by atoms with E-state index in [0.29, 0.717) is 10.9 Å². The van der Waals surface area contributed by atoms with Crippen molar-refractivity contribution in [1.82, 2.24) is 9.80 Å². The average molecular weight is 403 g/mol. The summed E-state index contributed by atoms with van der Waals surface area (Å²) < 4.78 is 0. The Morgan fingerprint density at radius 1 is 0.857 bits per heavy atom. The molecule has 2 aliphatic carbocycles. The van der Waals surface area contributed by atoms with E-state index >= 15 is 0 Å². The van der Waals surface area contributed by atoms with Gasteiger partial charge >= 0.3 is 0 Å². The third-order valence-electron chi connectivity index (χ3n) is 6.97. The number of benzene rings is 1. The molecule has 1 aliphatic heterocycles. The van der Waals surface area contributed by atoms with Crippen LogP contribution in [0.25, 0.3) is 0 Å². The van der Waals surface area contributed by atoms with Gasteiger partial charge in [-0.1, -0.05) is 49.9 Å². The fraction of sp³-hybridized carbons (Fsp3) is 0.652. The molecule has 0 bridgehead atoms. The van der Waals surface area contributed by atoms with Gasteiger partial charge in [-0.25, -0.2) is 0 Å². The summed E-state index contributed by atoms with van der Waals surface area (Å²) in [6, 6.07) is 7.38. The fourth-order valence-corrected chi connectivity index (χ4v) is 5.44. The molecule has 0 radical (unpaired) electrons. The maximum atomic E-state index is 13.7. The first-order valence-electron chi connectivity index (χ1n) is 10.9. The molecule has 0 aromatic heterocycles. The number of carbonyl (C=O) groups excluding carboxylic acids is 2. The van der Waals surface area contributed by atoms with Crippen LogP contribution in [0.5, 0.6) is 0 Å². The average Bonchev–Trinajstić information content (AvgIpc) is 2.71. The van der Waals surface area contributed by atoms with Gasteiger partial charge < -0.3 is 9.80 Å². The van der Waals surface area contributed by atoms with E-state index in [1.54, 1.807) is 0 Å². The monoisotopic (exact) mass is 402 g/mol. The van der Waals surface area contributed by atoms with E-state index in [1.165, 1.54) is 6.42 Å². The van der Waals surface area contributed by atoms with Crippen molar-refractivity contribution in [2.24, 2.45) is 5.92 Å². The summed E-state index contributed by atoms with van der Waals surface area (Å²) in [7, 11) is 0. The summed E-state index contributed by atoms with van der Waals surface area (Å²) in [5.41, 5.74) is 0.891. The summed E-state index contributed by atoms with van der Waals surface area (Å²) >= 11 is 6.09. The highest BCUT2D eigenvalue weighted by Crippen LogP contribution is 2.38. The lowest BCUT2D eigenvalue weighted by atomic mass is 9.84. The van der Waals surface area contributed by atoms with Crippen molar-refractivity contribution in [3.63, 3.8) is 0 Å². The maximum Gasteiger partial charge on any atom is 0.250 e. The Hall–Kier alpha value is -1.55. The largest absolute Gasteiger partial charge is 0.328 e. The zero-order chi connectivity index (χ0) is 19.7. The van der Waals surface area contributed by atoms with Gasteiger partial charge in [0, 0.05) is 17.1 Å². The lowest BCUT2D eigenvalue weighted by molar-refractivity contribution is -0.162. The number of halogens is 1. The predicted octanol–water partition coefficient (Wildman–Crippen LogP) is 4.96. The van der Waals surface area contributed by atoms with Crippen molar-refractivity contribution in [3.05, 3.63) is 34.9 Å². The van der Waals surface area contributed by atoms with Crippen molar-refractivity contribution < 1.29 is 9.59 Å². The zero-order valence-corrected chi connectivity index (χ0v) is 17.5. The van der Waals surface area contributed by atoms with Crippen LogP contribution in [0.3, 0.4) is 0 Å². The molecule has 1 saturated heterocycles. The van der Waals surface area contributed by atoms with Gasteiger partial charge in [0.1, 0.15) is 12.6 Å². The molecule has 3 aliphatic rings. The minimum Gasteiger partial charge on any atom is -0.328 e. The van der Waals surface area contributed by atoms with Gasteiger partial charge in [0.15, 0.2) is 0 Å². The summed E-state index contributed by atoms with van der Waals surface area (Å²) in [5, 5.41) is 0.653. The molecule has 3 fully saturated rings. The van der Waals surface area contributed by atoms with Gasteiger partial charge in [-0.2, -0.15) is 0 Å². The Bertz CT molecular complexity index is 706. The van der Waals surface area contributed by atoms with Crippen molar-refractivity contribution in [3.8, 4) is 0 Å². The highest BCUT2D eigenvalue weighted by molar-refractivity contribution is 6.30. The van der Waals surface area contributed by atoms with E-state index in [2.05, 4.69) is 6.92 Å². The minimum absolute atomic E-state index is 0.104. The zero-order valence-electron chi connectivity index (χ0n) is 16.8. The number of nitrogens with zero attached hydrogens (tertiary/aromatic N) is 2. The molecule has 4 nitrogen and oxygen atoms in total. The lowest BCUT2D eigenvalue weighted by Gasteiger charge is -2.48.